The van der Waals surface area contributed by atoms with Gasteiger partial charge in [-0.25, -0.2) is 18.4 Å². The van der Waals surface area contributed by atoms with Crippen LogP contribution in [0.5, 0.6) is 5.75 Å². The summed E-state index contributed by atoms with van der Waals surface area (Å²) in [6, 6.07) is 3.73. The van der Waals surface area contributed by atoms with E-state index in [1.807, 2.05) is 0 Å². The van der Waals surface area contributed by atoms with E-state index in [0.717, 1.165) is 12.1 Å². The molecular formula is C22H22F2O7S. The number of thioether (sulfide) groups is 1. The average Bonchev–Trinajstić information content (AvgIpc) is 2.67. The maximum Gasteiger partial charge on any atom is 0.372 e. The van der Waals surface area contributed by atoms with Crippen LogP contribution >= 0.6 is 11.8 Å². The first kappa shape index (κ1) is 25.3. The Hall–Kier alpha value is -3.01. The SMILES string of the molecule is CC(=O)CC(C)C(CSC(=O)Oc1ccc(C2CC=C(F)C=C2F)cc1C(=O)O)C(=O)O. The lowest BCUT2D eigenvalue weighted by Gasteiger charge is -2.19. The van der Waals surface area contributed by atoms with E-state index in [2.05, 4.69) is 0 Å². The molecule has 7 nitrogen and oxygen atoms in total. The lowest BCUT2D eigenvalue weighted by molar-refractivity contribution is -0.142. The molecule has 0 aromatic heterocycles. The molecule has 1 aromatic rings. The summed E-state index contributed by atoms with van der Waals surface area (Å²) in [6.07, 6.45) is 1.97. The lowest BCUT2D eigenvalue weighted by Crippen LogP contribution is -2.26. The summed E-state index contributed by atoms with van der Waals surface area (Å²) in [7, 11) is 0. The van der Waals surface area contributed by atoms with Crippen molar-refractivity contribution in [1.82, 2.24) is 0 Å². The van der Waals surface area contributed by atoms with Crippen LogP contribution in [0.3, 0.4) is 0 Å². The molecule has 172 valence electrons. The Labute approximate surface area is 187 Å². The third-order valence-corrected chi connectivity index (χ3v) is 5.83. The number of halogens is 2. The van der Waals surface area contributed by atoms with Gasteiger partial charge in [0.25, 0.3) is 0 Å². The van der Waals surface area contributed by atoms with Crippen molar-refractivity contribution in [3.8, 4) is 5.75 Å². The Morgan fingerprint density at radius 3 is 2.47 bits per heavy atom. The molecule has 0 radical (unpaired) electrons. The van der Waals surface area contributed by atoms with Crippen LogP contribution in [0.15, 0.2) is 42.0 Å². The van der Waals surface area contributed by atoms with Crippen LogP contribution in [0, 0.1) is 11.8 Å². The van der Waals surface area contributed by atoms with E-state index in [0.29, 0.717) is 11.8 Å². The fourth-order valence-corrected chi connectivity index (χ4v) is 4.24. The van der Waals surface area contributed by atoms with Gasteiger partial charge in [-0.3, -0.25) is 4.79 Å². The van der Waals surface area contributed by atoms with E-state index >= 15 is 0 Å². The number of aliphatic carboxylic acids is 1. The van der Waals surface area contributed by atoms with Gasteiger partial charge in [0.2, 0.25) is 0 Å². The molecule has 0 spiro atoms. The molecule has 10 heteroatoms. The van der Waals surface area contributed by atoms with Crippen molar-refractivity contribution in [3.05, 3.63) is 53.1 Å². The lowest BCUT2D eigenvalue weighted by atomic mass is 9.90. The predicted octanol–water partition coefficient (Wildman–Crippen LogP) is 5.13. The van der Waals surface area contributed by atoms with Gasteiger partial charge in [-0.15, -0.1) is 0 Å². The van der Waals surface area contributed by atoms with Crippen molar-refractivity contribution in [2.24, 2.45) is 11.8 Å². The van der Waals surface area contributed by atoms with Gasteiger partial charge >= 0.3 is 17.2 Å². The molecule has 32 heavy (non-hydrogen) atoms. The molecule has 0 saturated heterocycles. The van der Waals surface area contributed by atoms with Gasteiger partial charge < -0.3 is 19.7 Å². The number of rotatable bonds is 9. The smallest absolute Gasteiger partial charge is 0.372 e. The molecular weight excluding hydrogens is 446 g/mol. The Balaban J connectivity index is 2.12. The Morgan fingerprint density at radius 2 is 1.91 bits per heavy atom. The summed E-state index contributed by atoms with van der Waals surface area (Å²) >= 11 is 0.552. The van der Waals surface area contributed by atoms with Crippen molar-refractivity contribution in [1.29, 1.82) is 0 Å². The maximum absolute atomic E-state index is 14.1. The number of carboxylic acid groups (broad SMARTS) is 2. The van der Waals surface area contributed by atoms with E-state index in [1.165, 1.54) is 25.1 Å². The van der Waals surface area contributed by atoms with Gasteiger partial charge in [-0.05, 0) is 54.8 Å². The molecule has 2 N–H and O–H groups in total. The summed E-state index contributed by atoms with van der Waals surface area (Å²) < 4.78 is 32.3. The number of carboxylic acids is 2. The third kappa shape index (κ3) is 6.74. The zero-order chi connectivity index (χ0) is 24.0. The zero-order valence-electron chi connectivity index (χ0n) is 17.3. The third-order valence-electron chi connectivity index (χ3n) is 4.98. The molecule has 1 aromatic carbocycles. The van der Waals surface area contributed by atoms with Crippen molar-refractivity contribution in [3.63, 3.8) is 0 Å². The highest BCUT2D eigenvalue weighted by Crippen LogP contribution is 2.36. The number of ketones is 1. The molecule has 0 amide bonds. The van der Waals surface area contributed by atoms with Gasteiger partial charge in [0.1, 0.15) is 28.7 Å². The van der Waals surface area contributed by atoms with Crippen LogP contribution in [0.25, 0.3) is 0 Å². The molecule has 0 bridgehead atoms. The number of hydrogen-bond acceptors (Lipinski definition) is 6. The predicted molar refractivity (Wildman–Crippen MR) is 113 cm³/mol. The molecule has 1 aliphatic rings. The largest absolute Gasteiger partial charge is 0.481 e. The van der Waals surface area contributed by atoms with E-state index < -0.39 is 46.6 Å². The molecule has 1 aliphatic carbocycles. The first-order chi connectivity index (χ1) is 15.0. The van der Waals surface area contributed by atoms with Crippen LogP contribution in [-0.4, -0.2) is 39.0 Å². The van der Waals surface area contributed by atoms with Gasteiger partial charge in [0, 0.05) is 24.2 Å². The minimum atomic E-state index is -1.42. The van der Waals surface area contributed by atoms with Gasteiger partial charge in [-0.2, -0.15) is 0 Å². The van der Waals surface area contributed by atoms with E-state index in [1.54, 1.807) is 6.92 Å². The molecule has 2 rings (SSSR count). The minimum Gasteiger partial charge on any atom is -0.481 e. The minimum absolute atomic E-state index is 0.0111. The zero-order valence-corrected chi connectivity index (χ0v) is 18.2. The number of carbonyl (C=O) groups excluding carboxylic acids is 2. The van der Waals surface area contributed by atoms with Gasteiger partial charge in [0.05, 0.1) is 5.92 Å². The van der Waals surface area contributed by atoms with Crippen LogP contribution in [0.2, 0.25) is 0 Å². The summed E-state index contributed by atoms with van der Waals surface area (Å²) in [6.45, 7) is 2.93. The quantitative estimate of drug-likeness (QED) is 0.479. The van der Waals surface area contributed by atoms with Crippen LogP contribution in [0.4, 0.5) is 13.6 Å². The highest BCUT2D eigenvalue weighted by Gasteiger charge is 2.28. The second-order valence-electron chi connectivity index (χ2n) is 7.46. The first-order valence-corrected chi connectivity index (χ1v) is 10.6. The summed E-state index contributed by atoms with van der Waals surface area (Å²) in [5.74, 6) is -7.01. The van der Waals surface area contributed by atoms with E-state index in [-0.39, 0.29) is 41.3 Å². The fourth-order valence-electron chi connectivity index (χ4n) is 3.30. The van der Waals surface area contributed by atoms with Crippen LogP contribution in [-0.2, 0) is 9.59 Å². The molecule has 3 atom stereocenters. The number of allylic oxidation sites excluding steroid dienone is 4. The molecule has 3 unspecified atom stereocenters. The molecule has 0 heterocycles. The molecule has 0 aliphatic heterocycles. The number of carbonyl (C=O) groups is 4. The Morgan fingerprint density at radius 1 is 1.22 bits per heavy atom. The number of hydrogen-bond donors (Lipinski definition) is 2. The van der Waals surface area contributed by atoms with Crippen molar-refractivity contribution in [2.45, 2.75) is 32.6 Å². The molecule has 0 saturated carbocycles. The second kappa shape index (κ2) is 11.0. The van der Waals surface area contributed by atoms with Crippen LogP contribution < -0.4 is 4.74 Å². The Kier molecular flexibility index (Phi) is 8.71. The normalized spacial score (nSPS) is 17.6. The highest BCUT2D eigenvalue weighted by atomic mass is 32.2. The highest BCUT2D eigenvalue weighted by molar-refractivity contribution is 8.13. The first-order valence-electron chi connectivity index (χ1n) is 9.66. The topological polar surface area (TPSA) is 118 Å². The second-order valence-corrected chi connectivity index (χ2v) is 8.41. The molecule has 0 fully saturated rings. The van der Waals surface area contributed by atoms with Gasteiger partial charge in [0.15, 0.2) is 0 Å². The van der Waals surface area contributed by atoms with E-state index in [9.17, 15) is 38.2 Å². The summed E-state index contributed by atoms with van der Waals surface area (Å²) in [4.78, 5) is 46.5. The fraction of sp³-hybridized carbons (Fsp3) is 0.364. The summed E-state index contributed by atoms with van der Waals surface area (Å²) in [5.41, 5.74) is -0.115. The van der Waals surface area contributed by atoms with E-state index in [4.69, 9.17) is 4.74 Å². The van der Waals surface area contributed by atoms with Crippen molar-refractivity contribution in [2.75, 3.05) is 5.75 Å². The monoisotopic (exact) mass is 468 g/mol. The standard InChI is InChI=1S/C22H22F2O7S/c1-11(7-12(2)25)17(21(28)29)10-32-22(30)31-19-6-3-13(8-16(19)20(26)27)15-5-4-14(23)9-18(15)24/h3-4,6,8-9,11,15,17H,5,7,10H2,1-2H3,(H,26,27)(H,28,29). The Bertz CT molecular complexity index is 986. The van der Waals surface area contributed by atoms with Crippen molar-refractivity contribution < 1.29 is 42.9 Å². The van der Waals surface area contributed by atoms with Gasteiger partial charge in [-0.1, -0.05) is 13.0 Å². The summed E-state index contributed by atoms with van der Waals surface area (Å²) in [5, 5.41) is 17.9. The number of aromatic carboxylic acids is 1. The maximum atomic E-state index is 14.1. The number of ether oxygens (including phenoxy) is 1. The number of benzene rings is 1. The van der Waals surface area contributed by atoms with Crippen molar-refractivity contribution >= 4 is 34.8 Å². The average molecular weight is 468 g/mol. The number of Topliss-reactive ketones (excluding diaryl/α,β-unsaturated/α-hetero) is 1. The van der Waals surface area contributed by atoms with Crippen LogP contribution in [0.1, 0.15) is 48.5 Å².